The van der Waals surface area contributed by atoms with E-state index >= 15 is 0 Å². The number of aromatic nitrogens is 2. The van der Waals surface area contributed by atoms with E-state index in [0.29, 0.717) is 6.04 Å². The molecule has 102 valence electrons. The molecule has 2 aromatic rings. The van der Waals surface area contributed by atoms with Crippen molar-refractivity contribution in [3.8, 4) is 0 Å². The predicted molar refractivity (Wildman–Crippen MR) is 81.1 cm³/mol. The molecule has 3 heterocycles. The van der Waals surface area contributed by atoms with E-state index in [2.05, 4.69) is 40.1 Å². The molecule has 4 nitrogen and oxygen atoms in total. The number of piperazine rings is 1. The van der Waals surface area contributed by atoms with Crippen molar-refractivity contribution < 1.29 is 0 Å². The maximum atomic E-state index is 4.57. The van der Waals surface area contributed by atoms with Crippen molar-refractivity contribution >= 4 is 27.4 Å². The highest BCUT2D eigenvalue weighted by molar-refractivity contribution is 7.18. The zero-order chi connectivity index (χ0) is 13.2. The molecule has 1 saturated heterocycles. The van der Waals surface area contributed by atoms with Gasteiger partial charge in [-0.2, -0.15) is 0 Å². The van der Waals surface area contributed by atoms with Gasteiger partial charge in [0.05, 0.1) is 5.39 Å². The fourth-order valence-corrected chi connectivity index (χ4v) is 3.63. The molecule has 0 spiro atoms. The van der Waals surface area contributed by atoms with Crippen LogP contribution < -0.4 is 10.2 Å². The van der Waals surface area contributed by atoms with Gasteiger partial charge in [0.1, 0.15) is 17.0 Å². The Labute approximate surface area is 117 Å². The highest BCUT2D eigenvalue weighted by Gasteiger charge is 2.24. The first-order valence-corrected chi connectivity index (χ1v) is 7.86. The second-order valence-corrected chi connectivity index (χ2v) is 6.06. The van der Waals surface area contributed by atoms with Crippen LogP contribution in [0.5, 0.6) is 0 Å². The quantitative estimate of drug-likeness (QED) is 0.935. The van der Waals surface area contributed by atoms with Crippen molar-refractivity contribution in [3.63, 3.8) is 0 Å². The van der Waals surface area contributed by atoms with E-state index in [0.717, 1.165) is 43.1 Å². The number of hydrogen-bond donors (Lipinski definition) is 1. The van der Waals surface area contributed by atoms with E-state index in [-0.39, 0.29) is 0 Å². The highest BCUT2D eigenvalue weighted by atomic mass is 32.1. The van der Waals surface area contributed by atoms with Crippen LogP contribution in [0.4, 0.5) is 5.82 Å². The molecule has 0 saturated carbocycles. The summed E-state index contributed by atoms with van der Waals surface area (Å²) < 4.78 is 0. The Morgan fingerprint density at radius 1 is 1.42 bits per heavy atom. The smallest absolute Gasteiger partial charge is 0.141 e. The molecule has 1 aliphatic rings. The zero-order valence-corrected chi connectivity index (χ0v) is 12.3. The van der Waals surface area contributed by atoms with Crippen molar-refractivity contribution in [2.75, 3.05) is 24.5 Å². The van der Waals surface area contributed by atoms with E-state index in [1.807, 2.05) is 0 Å². The average Bonchev–Trinajstić information content (AvgIpc) is 2.90. The van der Waals surface area contributed by atoms with Crippen LogP contribution in [0.3, 0.4) is 0 Å². The van der Waals surface area contributed by atoms with Crippen molar-refractivity contribution in [2.24, 2.45) is 0 Å². The topological polar surface area (TPSA) is 41.0 Å². The molecule has 19 heavy (non-hydrogen) atoms. The van der Waals surface area contributed by atoms with Gasteiger partial charge in [-0.05, 0) is 18.9 Å². The lowest BCUT2D eigenvalue weighted by Gasteiger charge is -2.36. The first-order chi connectivity index (χ1) is 9.33. The van der Waals surface area contributed by atoms with Gasteiger partial charge >= 0.3 is 0 Å². The number of anilines is 1. The normalized spacial score (nSPS) is 20.1. The number of fused-ring (bicyclic) bond motifs is 1. The summed E-state index contributed by atoms with van der Waals surface area (Å²) in [6.45, 7) is 7.55. The Morgan fingerprint density at radius 2 is 2.32 bits per heavy atom. The number of hydrogen-bond acceptors (Lipinski definition) is 5. The van der Waals surface area contributed by atoms with Crippen LogP contribution in [0.2, 0.25) is 0 Å². The molecule has 2 aromatic heterocycles. The molecular weight excluding hydrogens is 256 g/mol. The molecule has 1 fully saturated rings. The fourth-order valence-electron chi connectivity index (χ4n) is 2.70. The molecule has 0 bridgehead atoms. The summed E-state index contributed by atoms with van der Waals surface area (Å²) in [5.41, 5.74) is 0. The lowest BCUT2D eigenvalue weighted by Crippen LogP contribution is -2.51. The van der Waals surface area contributed by atoms with E-state index in [1.165, 1.54) is 10.3 Å². The lowest BCUT2D eigenvalue weighted by molar-refractivity contribution is 0.464. The monoisotopic (exact) mass is 276 g/mol. The van der Waals surface area contributed by atoms with Crippen LogP contribution in [0.25, 0.3) is 10.2 Å². The maximum absolute atomic E-state index is 4.57. The van der Waals surface area contributed by atoms with E-state index in [1.54, 1.807) is 17.7 Å². The first kappa shape index (κ1) is 12.8. The SMILES string of the molecule is CCc1cc2c(N3CCNCC3CC)ncnc2s1. The Hall–Kier alpha value is -1.20. The van der Waals surface area contributed by atoms with Gasteiger partial charge in [0.2, 0.25) is 0 Å². The molecule has 0 aromatic carbocycles. The molecule has 0 aliphatic carbocycles. The fraction of sp³-hybridized carbons (Fsp3) is 0.571. The Balaban J connectivity index is 2.05. The summed E-state index contributed by atoms with van der Waals surface area (Å²) in [4.78, 5) is 14.0. The highest BCUT2D eigenvalue weighted by Crippen LogP contribution is 2.31. The third-order valence-corrected chi connectivity index (χ3v) is 4.99. The lowest BCUT2D eigenvalue weighted by atomic mass is 10.1. The molecular formula is C14H20N4S. The van der Waals surface area contributed by atoms with Gasteiger partial charge in [0.25, 0.3) is 0 Å². The Bertz CT molecular complexity index is 566. The number of rotatable bonds is 3. The van der Waals surface area contributed by atoms with Crippen LogP contribution in [0, 0.1) is 0 Å². The second kappa shape index (κ2) is 5.43. The van der Waals surface area contributed by atoms with E-state index < -0.39 is 0 Å². The van der Waals surface area contributed by atoms with Gasteiger partial charge in [-0.15, -0.1) is 11.3 Å². The minimum absolute atomic E-state index is 0.539. The molecule has 1 atom stereocenters. The van der Waals surface area contributed by atoms with Crippen molar-refractivity contribution in [2.45, 2.75) is 32.7 Å². The number of thiophene rings is 1. The largest absolute Gasteiger partial charge is 0.350 e. The molecule has 1 N–H and O–H groups in total. The van der Waals surface area contributed by atoms with Crippen LogP contribution in [0.15, 0.2) is 12.4 Å². The van der Waals surface area contributed by atoms with Crippen molar-refractivity contribution in [1.82, 2.24) is 15.3 Å². The summed E-state index contributed by atoms with van der Waals surface area (Å²) in [6.07, 6.45) is 3.92. The second-order valence-electron chi connectivity index (χ2n) is 4.94. The third-order valence-electron chi connectivity index (χ3n) is 3.80. The van der Waals surface area contributed by atoms with E-state index in [4.69, 9.17) is 0 Å². The predicted octanol–water partition coefficient (Wildman–Crippen LogP) is 2.44. The average molecular weight is 276 g/mol. The summed E-state index contributed by atoms with van der Waals surface area (Å²) in [5, 5.41) is 4.69. The number of nitrogens with one attached hydrogen (secondary N) is 1. The number of aryl methyl sites for hydroxylation is 1. The molecule has 0 radical (unpaired) electrons. The zero-order valence-electron chi connectivity index (χ0n) is 11.5. The van der Waals surface area contributed by atoms with Gasteiger partial charge in [-0.25, -0.2) is 9.97 Å². The van der Waals surface area contributed by atoms with Gasteiger partial charge in [-0.3, -0.25) is 0 Å². The van der Waals surface area contributed by atoms with Crippen molar-refractivity contribution in [1.29, 1.82) is 0 Å². The van der Waals surface area contributed by atoms with Crippen LogP contribution >= 0.6 is 11.3 Å². The van der Waals surface area contributed by atoms with Gasteiger partial charge < -0.3 is 10.2 Å². The first-order valence-electron chi connectivity index (χ1n) is 7.04. The third kappa shape index (κ3) is 2.32. The molecule has 0 amide bonds. The summed E-state index contributed by atoms with van der Waals surface area (Å²) in [5.74, 6) is 1.12. The summed E-state index contributed by atoms with van der Waals surface area (Å²) in [7, 11) is 0. The molecule has 1 aliphatic heterocycles. The van der Waals surface area contributed by atoms with Gasteiger partial charge in [0.15, 0.2) is 0 Å². The van der Waals surface area contributed by atoms with Crippen LogP contribution in [-0.4, -0.2) is 35.6 Å². The molecule has 1 unspecified atom stereocenters. The standard InChI is InChI=1S/C14H20N4S/c1-3-10-8-15-5-6-18(10)13-12-7-11(4-2)19-14(12)17-9-16-13/h7,9-10,15H,3-6,8H2,1-2H3. The number of nitrogens with zero attached hydrogens (tertiary/aromatic N) is 3. The molecule has 3 rings (SSSR count). The maximum Gasteiger partial charge on any atom is 0.141 e. The minimum Gasteiger partial charge on any atom is -0.350 e. The van der Waals surface area contributed by atoms with Crippen LogP contribution in [0.1, 0.15) is 25.1 Å². The van der Waals surface area contributed by atoms with Crippen molar-refractivity contribution in [3.05, 3.63) is 17.3 Å². The molecule has 5 heteroatoms. The summed E-state index contributed by atoms with van der Waals surface area (Å²) in [6, 6.07) is 2.81. The van der Waals surface area contributed by atoms with E-state index in [9.17, 15) is 0 Å². The summed E-state index contributed by atoms with van der Waals surface area (Å²) >= 11 is 1.79. The van der Waals surface area contributed by atoms with Gasteiger partial charge in [-0.1, -0.05) is 13.8 Å². The minimum atomic E-state index is 0.539. The van der Waals surface area contributed by atoms with Gasteiger partial charge in [0, 0.05) is 30.6 Å². The Morgan fingerprint density at radius 3 is 3.11 bits per heavy atom. The van der Waals surface area contributed by atoms with Crippen LogP contribution in [-0.2, 0) is 6.42 Å². The Kier molecular flexibility index (Phi) is 3.66.